The molecular formula is C12H10ClNO3. The van der Waals surface area contributed by atoms with Crippen LogP contribution in [0.2, 0.25) is 5.02 Å². The number of benzene rings is 1. The van der Waals surface area contributed by atoms with E-state index in [0.29, 0.717) is 10.6 Å². The number of halogens is 1. The van der Waals surface area contributed by atoms with Crippen molar-refractivity contribution in [2.24, 2.45) is 0 Å². The van der Waals surface area contributed by atoms with Gasteiger partial charge in [0.25, 0.3) is 5.91 Å². The van der Waals surface area contributed by atoms with Crippen LogP contribution in [0.3, 0.4) is 0 Å². The summed E-state index contributed by atoms with van der Waals surface area (Å²) in [5.74, 6) is 1.18. The molecule has 0 heterocycles. The van der Waals surface area contributed by atoms with Crippen LogP contribution in [0.25, 0.3) is 0 Å². The Morgan fingerprint density at radius 1 is 1.47 bits per heavy atom. The summed E-state index contributed by atoms with van der Waals surface area (Å²) in [5, 5.41) is 2.80. The van der Waals surface area contributed by atoms with Gasteiger partial charge < -0.3 is 10.1 Å². The Hall–Kier alpha value is -1.99. The first kappa shape index (κ1) is 13.1. The quantitative estimate of drug-likeness (QED) is 0.647. The first-order valence-corrected chi connectivity index (χ1v) is 5.14. The van der Waals surface area contributed by atoms with Crippen LogP contribution in [0, 0.1) is 12.3 Å². The van der Waals surface area contributed by atoms with Crippen molar-refractivity contribution in [3.63, 3.8) is 0 Å². The standard InChI is InChI=1S/C12H10ClNO3/c1-2-6-14-11(15)8-17-12(16)9-4-3-5-10(13)7-9/h1,3-5,7H,6,8H2,(H,14,15). The first-order valence-electron chi connectivity index (χ1n) is 4.76. The van der Waals surface area contributed by atoms with Crippen molar-refractivity contribution in [2.45, 2.75) is 0 Å². The molecule has 0 radical (unpaired) electrons. The fraction of sp³-hybridized carbons (Fsp3) is 0.167. The number of amides is 1. The van der Waals surface area contributed by atoms with Crippen LogP contribution >= 0.6 is 11.6 Å². The molecule has 0 fully saturated rings. The molecule has 0 bridgehead atoms. The van der Waals surface area contributed by atoms with E-state index in [1.165, 1.54) is 6.07 Å². The molecule has 1 rings (SSSR count). The van der Waals surface area contributed by atoms with Gasteiger partial charge in [-0.1, -0.05) is 23.6 Å². The van der Waals surface area contributed by atoms with Crippen molar-refractivity contribution < 1.29 is 14.3 Å². The summed E-state index contributed by atoms with van der Waals surface area (Å²) in [5.41, 5.74) is 0.294. The summed E-state index contributed by atoms with van der Waals surface area (Å²) in [4.78, 5) is 22.6. The van der Waals surface area contributed by atoms with E-state index in [9.17, 15) is 9.59 Å². The largest absolute Gasteiger partial charge is 0.452 e. The fourth-order valence-corrected chi connectivity index (χ4v) is 1.22. The lowest BCUT2D eigenvalue weighted by atomic mass is 10.2. The number of hydrogen-bond donors (Lipinski definition) is 1. The van der Waals surface area contributed by atoms with Crippen molar-refractivity contribution in [1.29, 1.82) is 0 Å². The summed E-state index contributed by atoms with van der Waals surface area (Å²) in [6.45, 7) is -0.263. The number of rotatable bonds is 4. The zero-order valence-electron chi connectivity index (χ0n) is 8.90. The molecule has 88 valence electrons. The predicted octanol–water partition coefficient (Wildman–Crippen LogP) is 1.25. The van der Waals surface area contributed by atoms with E-state index in [1.54, 1.807) is 18.2 Å². The Morgan fingerprint density at radius 2 is 2.24 bits per heavy atom. The van der Waals surface area contributed by atoms with E-state index in [1.807, 2.05) is 0 Å². The van der Waals surface area contributed by atoms with Crippen molar-refractivity contribution in [1.82, 2.24) is 5.32 Å². The molecule has 1 amide bonds. The number of hydrogen-bond acceptors (Lipinski definition) is 3. The monoisotopic (exact) mass is 251 g/mol. The molecule has 0 aliphatic rings. The first-order chi connectivity index (χ1) is 8.13. The molecule has 0 spiro atoms. The molecule has 5 heteroatoms. The highest BCUT2D eigenvalue weighted by Gasteiger charge is 2.09. The van der Waals surface area contributed by atoms with Crippen LogP contribution in [0.1, 0.15) is 10.4 Å². The van der Waals surface area contributed by atoms with Gasteiger partial charge in [-0.2, -0.15) is 0 Å². The molecule has 0 aromatic heterocycles. The number of carbonyl (C=O) groups is 2. The number of carbonyl (C=O) groups excluding carboxylic acids is 2. The average Bonchev–Trinajstić information content (AvgIpc) is 2.33. The zero-order chi connectivity index (χ0) is 12.7. The maximum atomic E-state index is 11.5. The maximum absolute atomic E-state index is 11.5. The molecule has 1 N–H and O–H groups in total. The molecule has 1 aromatic rings. The third-order valence-electron chi connectivity index (χ3n) is 1.78. The van der Waals surface area contributed by atoms with Gasteiger partial charge >= 0.3 is 5.97 Å². The molecule has 4 nitrogen and oxygen atoms in total. The van der Waals surface area contributed by atoms with Crippen LogP contribution in [-0.2, 0) is 9.53 Å². The highest BCUT2D eigenvalue weighted by molar-refractivity contribution is 6.30. The van der Waals surface area contributed by atoms with E-state index in [2.05, 4.69) is 11.2 Å². The topological polar surface area (TPSA) is 55.4 Å². The molecular weight excluding hydrogens is 242 g/mol. The summed E-state index contributed by atoms with van der Waals surface area (Å²) < 4.78 is 4.76. The molecule has 0 unspecified atom stereocenters. The summed E-state index contributed by atoms with van der Waals surface area (Å²) in [6, 6.07) is 6.27. The molecule has 1 aromatic carbocycles. The average molecular weight is 252 g/mol. The van der Waals surface area contributed by atoms with Crippen molar-refractivity contribution >= 4 is 23.5 Å². The van der Waals surface area contributed by atoms with Crippen LogP contribution in [0.5, 0.6) is 0 Å². The fourth-order valence-electron chi connectivity index (χ4n) is 1.03. The number of terminal acetylenes is 1. The normalized spacial score (nSPS) is 9.18. The van der Waals surface area contributed by atoms with Gasteiger partial charge in [-0.3, -0.25) is 4.79 Å². The number of esters is 1. The third-order valence-corrected chi connectivity index (χ3v) is 2.02. The lowest BCUT2D eigenvalue weighted by Gasteiger charge is -2.04. The lowest BCUT2D eigenvalue weighted by molar-refractivity contribution is -0.123. The van der Waals surface area contributed by atoms with E-state index < -0.39 is 11.9 Å². The smallest absolute Gasteiger partial charge is 0.338 e. The van der Waals surface area contributed by atoms with Crippen molar-refractivity contribution in [2.75, 3.05) is 13.2 Å². The number of nitrogens with one attached hydrogen (secondary N) is 1. The minimum atomic E-state index is -0.608. The minimum absolute atomic E-state index is 0.105. The summed E-state index contributed by atoms with van der Waals surface area (Å²) in [6.07, 6.45) is 4.95. The van der Waals surface area contributed by atoms with Gasteiger partial charge in [0.2, 0.25) is 0 Å². The lowest BCUT2D eigenvalue weighted by Crippen LogP contribution is -2.28. The Balaban J connectivity index is 2.45. The van der Waals surface area contributed by atoms with Gasteiger partial charge in [0, 0.05) is 5.02 Å². The van der Waals surface area contributed by atoms with Gasteiger partial charge in [-0.25, -0.2) is 4.79 Å². The molecule has 0 saturated carbocycles. The van der Waals surface area contributed by atoms with Gasteiger partial charge in [-0.15, -0.1) is 6.42 Å². The predicted molar refractivity (Wildman–Crippen MR) is 63.6 cm³/mol. The summed E-state index contributed by atoms with van der Waals surface area (Å²) >= 11 is 5.71. The summed E-state index contributed by atoms with van der Waals surface area (Å²) in [7, 11) is 0. The second-order valence-corrected chi connectivity index (χ2v) is 3.50. The minimum Gasteiger partial charge on any atom is -0.452 e. The van der Waals surface area contributed by atoms with Gasteiger partial charge in [-0.05, 0) is 18.2 Å². The van der Waals surface area contributed by atoms with E-state index in [-0.39, 0.29) is 13.2 Å². The Bertz CT molecular complexity index is 465. The van der Waals surface area contributed by atoms with Gasteiger partial charge in [0.15, 0.2) is 6.61 Å². The van der Waals surface area contributed by atoms with Crippen LogP contribution in [0.15, 0.2) is 24.3 Å². The van der Waals surface area contributed by atoms with Crippen LogP contribution in [-0.4, -0.2) is 25.0 Å². The van der Waals surface area contributed by atoms with Crippen LogP contribution in [0.4, 0.5) is 0 Å². The van der Waals surface area contributed by atoms with E-state index in [0.717, 1.165) is 0 Å². The van der Waals surface area contributed by atoms with Crippen molar-refractivity contribution in [3.05, 3.63) is 34.9 Å². The molecule has 0 aliphatic heterocycles. The van der Waals surface area contributed by atoms with Gasteiger partial charge in [0.05, 0.1) is 12.1 Å². The maximum Gasteiger partial charge on any atom is 0.338 e. The SMILES string of the molecule is C#CCNC(=O)COC(=O)c1cccc(Cl)c1. The second kappa shape index (κ2) is 6.56. The van der Waals surface area contributed by atoms with Gasteiger partial charge in [0.1, 0.15) is 0 Å². The molecule has 0 aliphatic carbocycles. The zero-order valence-corrected chi connectivity index (χ0v) is 9.66. The van der Waals surface area contributed by atoms with Crippen LogP contribution < -0.4 is 5.32 Å². The second-order valence-electron chi connectivity index (χ2n) is 3.07. The molecule has 17 heavy (non-hydrogen) atoms. The highest BCUT2D eigenvalue weighted by Crippen LogP contribution is 2.11. The third kappa shape index (κ3) is 4.58. The van der Waals surface area contributed by atoms with Crippen molar-refractivity contribution in [3.8, 4) is 12.3 Å². The Morgan fingerprint density at radius 3 is 2.88 bits per heavy atom. The Kier molecular flexibility index (Phi) is 5.05. The molecule has 0 saturated heterocycles. The Labute approximate surface area is 104 Å². The highest BCUT2D eigenvalue weighted by atomic mass is 35.5. The van der Waals surface area contributed by atoms with E-state index >= 15 is 0 Å². The molecule has 0 atom stereocenters. The number of ether oxygens (including phenoxy) is 1. The van der Waals surface area contributed by atoms with E-state index in [4.69, 9.17) is 22.8 Å².